The summed E-state index contributed by atoms with van der Waals surface area (Å²) >= 11 is 0. The molecule has 0 aliphatic carbocycles. The Bertz CT molecular complexity index is 516. The molecular weight excluding hydrogens is 312 g/mol. The number of rotatable bonds is 10. The number of para-hydroxylation sites is 1. The fraction of sp³-hybridized carbons (Fsp3) is 0.556. The zero-order chi connectivity index (χ0) is 17.9. The minimum atomic E-state index is -0.395. The average molecular weight is 338 g/mol. The summed E-state index contributed by atoms with van der Waals surface area (Å²) in [6, 6.07) is 5.13. The molecule has 0 saturated carbocycles. The molecule has 0 unspecified atom stereocenters. The molecule has 0 saturated heterocycles. The Morgan fingerprint density at radius 3 is 2.00 bits per heavy atom. The lowest BCUT2D eigenvalue weighted by atomic mass is 10.2. The summed E-state index contributed by atoms with van der Waals surface area (Å²) in [5, 5.41) is 0. The second-order valence-electron chi connectivity index (χ2n) is 5.75. The number of carbonyl (C=O) groups is 2. The van der Waals surface area contributed by atoms with Crippen LogP contribution in [-0.4, -0.2) is 32.8 Å². The fourth-order valence-electron chi connectivity index (χ4n) is 1.95. The Hall–Kier alpha value is -2.24. The lowest BCUT2D eigenvalue weighted by Gasteiger charge is -2.12. The van der Waals surface area contributed by atoms with E-state index in [4.69, 9.17) is 18.9 Å². The van der Waals surface area contributed by atoms with Gasteiger partial charge in [0.2, 0.25) is 5.75 Å². The molecule has 0 atom stereocenters. The summed E-state index contributed by atoms with van der Waals surface area (Å²) in [4.78, 5) is 23.4. The predicted molar refractivity (Wildman–Crippen MR) is 89.4 cm³/mol. The maximum atomic E-state index is 12.0. The number of benzene rings is 1. The maximum Gasteiger partial charge on any atom is 0.311 e. The third kappa shape index (κ3) is 6.89. The number of hydrogen-bond donors (Lipinski definition) is 0. The highest BCUT2D eigenvalue weighted by atomic mass is 16.6. The van der Waals surface area contributed by atoms with Crippen LogP contribution in [0.3, 0.4) is 0 Å². The minimum absolute atomic E-state index is 0.207. The van der Waals surface area contributed by atoms with Crippen molar-refractivity contribution in [3.63, 3.8) is 0 Å². The Morgan fingerprint density at radius 2 is 1.50 bits per heavy atom. The van der Waals surface area contributed by atoms with Crippen LogP contribution < -0.4 is 14.2 Å². The van der Waals surface area contributed by atoms with Gasteiger partial charge in [0.05, 0.1) is 20.8 Å². The Kier molecular flexibility index (Phi) is 8.68. The second-order valence-corrected chi connectivity index (χ2v) is 5.75. The summed E-state index contributed by atoms with van der Waals surface area (Å²) in [5.74, 6) is 0.820. The summed E-state index contributed by atoms with van der Waals surface area (Å²) in [7, 11) is 2.99. The fourth-order valence-corrected chi connectivity index (χ4v) is 1.95. The van der Waals surface area contributed by atoms with E-state index in [1.807, 2.05) is 13.8 Å². The summed E-state index contributed by atoms with van der Waals surface area (Å²) in [6.45, 7) is 4.39. The van der Waals surface area contributed by atoms with Crippen LogP contribution in [0.1, 0.15) is 39.5 Å². The van der Waals surface area contributed by atoms with Crippen LogP contribution in [0.25, 0.3) is 0 Å². The van der Waals surface area contributed by atoms with Crippen molar-refractivity contribution in [3.8, 4) is 17.2 Å². The van der Waals surface area contributed by atoms with Gasteiger partial charge < -0.3 is 18.9 Å². The van der Waals surface area contributed by atoms with Gasteiger partial charge in [-0.3, -0.25) is 9.59 Å². The normalized spacial score (nSPS) is 10.4. The summed E-state index contributed by atoms with van der Waals surface area (Å²) in [6.07, 6.45) is 1.64. The van der Waals surface area contributed by atoms with E-state index >= 15 is 0 Å². The molecule has 24 heavy (non-hydrogen) atoms. The minimum Gasteiger partial charge on any atom is -0.493 e. The monoisotopic (exact) mass is 338 g/mol. The molecule has 0 heterocycles. The summed E-state index contributed by atoms with van der Waals surface area (Å²) in [5.41, 5.74) is 0. The molecule has 0 radical (unpaired) electrons. The molecule has 6 heteroatoms. The van der Waals surface area contributed by atoms with E-state index in [9.17, 15) is 9.59 Å². The Morgan fingerprint density at radius 1 is 0.958 bits per heavy atom. The first-order valence-electron chi connectivity index (χ1n) is 8.05. The van der Waals surface area contributed by atoms with E-state index in [1.165, 1.54) is 14.2 Å². The first-order valence-corrected chi connectivity index (χ1v) is 8.05. The molecule has 1 rings (SSSR count). The van der Waals surface area contributed by atoms with Crippen molar-refractivity contribution >= 4 is 11.9 Å². The van der Waals surface area contributed by atoms with Gasteiger partial charge in [0.1, 0.15) is 0 Å². The number of unbranched alkanes of at least 4 members (excludes halogenated alkanes) is 1. The molecule has 0 bridgehead atoms. The number of carbonyl (C=O) groups excluding carboxylic acids is 2. The molecule has 0 aliphatic heterocycles. The number of ether oxygens (including phenoxy) is 4. The van der Waals surface area contributed by atoms with Gasteiger partial charge in [0.15, 0.2) is 11.5 Å². The van der Waals surface area contributed by atoms with E-state index < -0.39 is 5.97 Å². The predicted octanol–water partition coefficient (Wildman–Crippen LogP) is 3.37. The van der Waals surface area contributed by atoms with Crippen molar-refractivity contribution in [3.05, 3.63) is 18.2 Å². The van der Waals surface area contributed by atoms with Crippen molar-refractivity contribution < 1.29 is 28.5 Å². The van der Waals surface area contributed by atoms with Crippen LogP contribution >= 0.6 is 0 Å². The molecule has 0 aliphatic rings. The van der Waals surface area contributed by atoms with Crippen molar-refractivity contribution in [1.82, 2.24) is 0 Å². The van der Waals surface area contributed by atoms with Gasteiger partial charge in [0, 0.05) is 12.8 Å². The summed E-state index contributed by atoms with van der Waals surface area (Å²) < 4.78 is 20.8. The van der Waals surface area contributed by atoms with Crippen molar-refractivity contribution in [2.24, 2.45) is 5.92 Å². The molecule has 0 fully saturated rings. The molecule has 0 N–H and O–H groups in total. The molecule has 1 aromatic rings. The smallest absolute Gasteiger partial charge is 0.311 e. The highest BCUT2D eigenvalue weighted by Crippen LogP contribution is 2.37. The van der Waals surface area contributed by atoms with Gasteiger partial charge in [-0.2, -0.15) is 0 Å². The van der Waals surface area contributed by atoms with Gasteiger partial charge in [-0.15, -0.1) is 0 Å². The van der Waals surface area contributed by atoms with Crippen LogP contribution in [0, 0.1) is 5.92 Å². The Labute approximate surface area is 143 Å². The van der Waals surface area contributed by atoms with Gasteiger partial charge in [-0.1, -0.05) is 19.9 Å². The number of hydrogen-bond acceptors (Lipinski definition) is 6. The SMILES string of the molecule is COc1cccc(OC)c1OC(=O)CCCCC(=O)OCC(C)C. The highest BCUT2D eigenvalue weighted by molar-refractivity contribution is 5.74. The lowest BCUT2D eigenvalue weighted by molar-refractivity contribution is -0.145. The topological polar surface area (TPSA) is 71.1 Å². The first kappa shape index (κ1) is 19.8. The maximum absolute atomic E-state index is 12.0. The molecular formula is C18H26O6. The lowest BCUT2D eigenvalue weighted by Crippen LogP contribution is -2.11. The quantitative estimate of drug-likeness (QED) is 0.370. The average Bonchev–Trinajstić information content (AvgIpc) is 2.57. The number of methoxy groups -OCH3 is 2. The molecule has 0 amide bonds. The Balaban J connectivity index is 2.38. The van der Waals surface area contributed by atoms with E-state index in [0.29, 0.717) is 43.3 Å². The zero-order valence-corrected chi connectivity index (χ0v) is 14.8. The van der Waals surface area contributed by atoms with Crippen LogP contribution in [0.4, 0.5) is 0 Å². The van der Waals surface area contributed by atoms with E-state index in [0.717, 1.165) is 0 Å². The van der Waals surface area contributed by atoms with Gasteiger partial charge >= 0.3 is 11.9 Å². The molecule has 0 spiro atoms. The van der Waals surface area contributed by atoms with Crippen LogP contribution in [-0.2, 0) is 14.3 Å². The zero-order valence-electron chi connectivity index (χ0n) is 14.8. The largest absolute Gasteiger partial charge is 0.493 e. The van der Waals surface area contributed by atoms with Gasteiger partial charge in [0.25, 0.3) is 0 Å². The van der Waals surface area contributed by atoms with Gasteiger partial charge in [-0.05, 0) is 30.9 Å². The molecule has 134 valence electrons. The second kappa shape index (κ2) is 10.5. The third-order valence-electron chi connectivity index (χ3n) is 3.19. The molecule has 6 nitrogen and oxygen atoms in total. The van der Waals surface area contributed by atoms with Gasteiger partial charge in [-0.25, -0.2) is 0 Å². The van der Waals surface area contributed by atoms with Crippen LogP contribution in [0.5, 0.6) is 17.2 Å². The third-order valence-corrected chi connectivity index (χ3v) is 3.19. The van der Waals surface area contributed by atoms with E-state index in [-0.39, 0.29) is 18.1 Å². The number of esters is 2. The van der Waals surface area contributed by atoms with Crippen molar-refractivity contribution in [1.29, 1.82) is 0 Å². The highest BCUT2D eigenvalue weighted by Gasteiger charge is 2.15. The standard InChI is InChI=1S/C18H26O6/c1-13(2)12-23-16(19)10-5-6-11-17(20)24-18-14(21-3)8-7-9-15(18)22-4/h7-9,13H,5-6,10-12H2,1-4H3. The van der Waals surface area contributed by atoms with Crippen LogP contribution in [0.15, 0.2) is 18.2 Å². The van der Waals surface area contributed by atoms with Crippen molar-refractivity contribution in [2.45, 2.75) is 39.5 Å². The first-order chi connectivity index (χ1) is 11.5. The molecule has 0 aromatic heterocycles. The molecule has 1 aromatic carbocycles. The van der Waals surface area contributed by atoms with E-state index in [2.05, 4.69) is 0 Å². The van der Waals surface area contributed by atoms with Crippen LogP contribution in [0.2, 0.25) is 0 Å². The van der Waals surface area contributed by atoms with E-state index in [1.54, 1.807) is 18.2 Å². The van der Waals surface area contributed by atoms with Crippen molar-refractivity contribution in [2.75, 3.05) is 20.8 Å².